The largest absolute Gasteiger partial charge is 0.459 e. The number of aryl methyl sites for hydroxylation is 1. The Bertz CT molecular complexity index is 1330. The molecule has 3 heterocycles. The average molecular weight is 486 g/mol. The zero-order valence-electron chi connectivity index (χ0n) is 16.6. The Morgan fingerprint density at radius 2 is 1.79 bits per heavy atom. The molecule has 0 unspecified atom stereocenters. The topological polar surface area (TPSA) is 90.0 Å². The van der Waals surface area contributed by atoms with E-state index in [1.165, 1.54) is 17.9 Å². The van der Waals surface area contributed by atoms with Crippen molar-refractivity contribution in [1.29, 1.82) is 0 Å². The third kappa shape index (κ3) is 4.49. The van der Waals surface area contributed by atoms with E-state index in [2.05, 4.69) is 25.5 Å². The minimum absolute atomic E-state index is 0.101. The van der Waals surface area contributed by atoms with Gasteiger partial charge in [0.1, 0.15) is 12.0 Å². The molecule has 33 heavy (non-hydrogen) atoms. The molecule has 0 aliphatic heterocycles. The van der Waals surface area contributed by atoms with Gasteiger partial charge in [0, 0.05) is 16.8 Å². The maximum absolute atomic E-state index is 14.0. The summed E-state index contributed by atoms with van der Waals surface area (Å²) in [4.78, 5) is 20.3. The number of carbonyl (C=O) groups is 1. The number of alkyl halides is 5. The van der Waals surface area contributed by atoms with Crippen LogP contribution >= 0.6 is 11.6 Å². The molecule has 4 aromatic rings. The molecular weight excluding hydrogens is 473 g/mol. The van der Waals surface area contributed by atoms with E-state index in [1.807, 2.05) is 0 Å². The number of hydrogen-bond donors (Lipinski definition) is 1. The van der Waals surface area contributed by atoms with Gasteiger partial charge >= 0.3 is 12.1 Å². The highest BCUT2D eigenvalue weighted by molar-refractivity contribution is 6.30. The normalized spacial score (nSPS) is 12.3. The number of anilines is 1. The summed E-state index contributed by atoms with van der Waals surface area (Å²) in [5.74, 6) is -6.24. The number of carbonyl (C=O) groups excluding carboxylic acids is 1. The van der Waals surface area contributed by atoms with Crippen molar-refractivity contribution in [3.8, 4) is 0 Å². The predicted octanol–water partition coefficient (Wildman–Crippen LogP) is 4.24. The lowest BCUT2D eigenvalue weighted by molar-refractivity contribution is -0.291. The van der Waals surface area contributed by atoms with Gasteiger partial charge in [-0.1, -0.05) is 23.7 Å². The lowest BCUT2D eigenvalue weighted by atomic mass is 10.2. The molecule has 1 amide bonds. The van der Waals surface area contributed by atoms with Crippen LogP contribution in [0.5, 0.6) is 0 Å². The van der Waals surface area contributed by atoms with Crippen molar-refractivity contribution in [2.45, 2.75) is 25.6 Å². The van der Waals surface area contributed by atoms with Crippen LogP contribution in [0, 0.1) is 6.92 Å². The Morgan fingerprint density at radius 3 is 2.45 bits per heavy atom. The van der Waals surface area contributed by atoms with E-state index in [-0.39, 0.29) is 17.3 Å². The number of halogens is 6. The number of amides is 1. The first kappa shape index (κ1) is 22.6. The fourth-order valence-electron chi connectivity index (χ4n) is 2.95. The fourth-order valence-corrected chi connectivity index (χ4v) is 3.08. The molecule has 172 valence electrons. The van der Waals surface area contributed by atoms with Crippen LogP contribution in [-0.2, 0) is 12.5 Å². The van der Waals surface area contributed by atoms with Crippen molar-refractivity contribution in [2.24, 2.45) is 0 Å². The lowest BCUT2D eigenvalue weighted by Crippen LogP contribution is -2.36. The summed E-state index contributed by atoms with van der Waals surface area (Å²) in [6.07, 6.45) is -4.51. The molecule has 1 N–H and O–H groups in total. The van der Waals surface area contributed by atoms with E-state index in [4.69, 9.17) is 11.6 Å². The zero-order valence-corrected chi connectivity index (χ0v) is 17.4. The highest BCUT2D eigenvalue weighted by Gasteiger charge is 2.60. The van der Waals surface area contributed by atoms with Crippen LogP contribution < -0.4 is 5.32 Å². The van der Waals surface area contributed by atoms with Gasteiger partial charge in [0.2, 0.25) is 5.95 Å². The molecule has 8 nitrogen and oxygen atoms in total. The molecule has 0 radical (unpaired) electrons. The Balaban J connectivity index is 1.57. The molecule has 0 atom stereocenters. The molecule has 4 rings (SSSR count). The molecule has 0 aliphatic carbocycles. The highest BCUT2D eigenvalue weighted by atomic mass is 35.5. The molecule has 0 spiro atoms. The second kappa shape index (κ2) is 8.06. The van der Waals surface area contributed by atoms with E-state index >= 15 is 0 Å². The van der Waals surface area contributed by atoms with E-state index in [0.29, 0.717) is 22.1 Å². The second-order valence-electron chi connectivity index (χ2n) is 7.00. The molecule has 0 saturated heterocycles. The molecule has 1 aromatic carbocycles. The monoisotopic (exact) mass is 485 g/mol. The summed E-state index contributed by atoms with van der Waals surface area (Å²) in [6.45, 7) is 1.58. The third-order valence-electron chi connectivity index (χ3n) is 4.49. The SMILES string of the molecule is Cc1cc(C(F)(F)C(F)(F)F)n2nc(C(=O)Nc3ncn(Cc4ccc(Cl)cc4)n3)cc2n1. The van der Waals surface area contributed by atoms with E-state index in [0.717, 1.165) is 11.6 Å². The molecular formula is C19H13ClF5N7O. The molecule has 0 fully saturated rings. The van der Waals surface area contributed by atoms with Crippen molar-refractivity contribution >= 4 is 29.1 Å². The molecule has 0 saturated carbocycles. The van der Waals surface area contributed by atoms with Crippen molar-refractivity contribution < 1.29 is 26.7 Å². The smallest absolute Gasteiger partial charge is 0.288 e. The zero-order chi connectivity index (χ0) is 24.0. The van der Waals surface area contributed by atoms with Gasteiger partial charge in [0.25, 0.3) is 5.91 Å². The van der Waals surface area contributed by atoms with Crippen LogP contribution in [0.4, 0.5) is 27.9 Å². The lowest BCUT2D eigenvalue weighted by Gasteiger charge is -2.20. The molecule has 0 bridgehead atoms. The molecule has 3 aromatic heterocycles. The number of nitrogens with zero attached hydrogens (tertiary/aromatic N) is 6. The third-order valence-corrected chi connectivity index (χ3v) is 4.74. The summed E-state index contributed by atoms with van der Waals surface area (Å²) in [6, 6.07) is 8.51. The van der Waals surface area contributed by atoms with Gasteiger partial charge in [-0.2, -0.15) is 27.1 Å². The Morgan fingerprint density at radius 1 is 1.09 bits per heavy atom. The number of hydrogen-bond acceptors (Lipinski definition) is 5. The van der Waals surface area contributed by atoms with E-state index in [1.54, 1.807) is 24.3 Å². The van der Waals surface area contributed by atoms with E-state index in [9.17, 15) is 26.7 Å². The summed E-state index contributed by atoms with van der Waals surface area (Å²) in [7, 11) is 0. The van der Waals surface area contributed by atoms with Gasteiger partial charge in [-0.05, 0) is 30.7 Å². The molecule has 0 aliphatic rings. The first-order valence-corrected chi connectivity index (χ1v) is 9.59. The van der Waals surface area contributed by atoms with Gasteiger partial charge in [-0.25, -0.2) is 19.2 Å². The summed E-state index contributed by atoms with van der Waals surface area (Å²) in [5.41, 5.74) is -1.48. The predicted molar refractivity (Wildman–Crippen MR) is 106 cm³/mol. The minimum Gasteiger partial charge on any atom is -0.288 e. The highest BCUT2D eigenvalue weighted by Crippen LogP contribution is 2.43. The molecule has 14 heteroatoms. The van der Waals surface area contributed by atoms with Gasteiger partial charge in [0.15, 0.2) is 11.3 Å². The summed E-state index contributed by atoms with van der Waals surface area (Å²) in [5, 5.41) is 10.6. The van der Waals surface area contributed by atoms with Crippen molar-refractivity contribution in [3.63, 3.8) is 0 Å². The second-order valence-corrected chi connectivity index (χ2v) is 7.44. The Labute approximate surface area is 187 Å². The van der Waals surface area contributed by atoms with Crippen LogP contribution in [0.25, 0.3) is 5.65 Å². The first-order chi connectivity index (χ1) is 15.4. The van der Waals surface area contributed by atoms with Crippen molar-refractivity contribution in [2.75, 3.05) is 5.32 Å². The van der Waals surface area contributed by atoms with Crippen LogP contribution in [0.3, 0.4) is 0 Å². The van der Waals surface area contributed by atoms with Gasteiger partial charge in [-0.3, -0.25) is 10.1 Å². The summed E-state index contributed by atoms with van der Waals surface area (Å²) < 4.78 is 68.4. The summed E-state index contributed by atoms with van der Waals surface area (Å²) >= 11 is 5.84. The number of benzene rings is 1. The average Bonchev–Trinajstić information content (AvgIpc) is 3.35. The van der Waals surface area contributed by atoms with Crippen molar-refractivity contribution in [3.05, 3.63) is 70.4 Å². The fraction of sp³-hybridized carbons (Fsp3) is 0.211. The Kier molecular flexibility index (Phi) is 5.52. The van der Waals surface area contributed by atoms with Gasteiger partial charge in [-0.15, -0.1) is 5.10 Å². The standard InChI is InChI=1S/C19H13ClF5N7O/c1-10-6-14(18(21,22)19(23,24)25)32-15(27-10)7-13(29-32)16(33)28-17-26-9-31(30-17)8-11-2-4-12(20)5-3-11/h2-7,9H,8H2,1H3,(H,28,30,33). The van der Waals surface area contributed by atoms with E-state index < -0.39 is 29.4 Å². The quantitative estimate of drug-likeness (QED) is 0.427. The minimum atomic E-state index is -5.86. The number of rotatable bonds is 5. The van der Waals surface area contributed by atoms with Gasteiger partial charge in [0.05, 0.1) is 6.54 Å². The van der Waals surface area contributed by atoms with Crippen molar-refractivity contribution in [1.82, 2.24) is 29.4 Å². The maximum Gasteiger partial charge on any atom is 0.459 e. The van der Waals surface area contributed by atoms with Crippen LogP contribution in [-0.4, -0.2) is 41.4 Å². The maximum atomic E-state index is 14.0. The number of nitrogens with one attached hydrogen (secondary N) is 1. The van der Waals surface area contributed by atoms with Crippen LogP contribution in [0.1, 0.15) is 27.4 Å². The van der Waals surface area contributed by atoms with Crippen LogP contribution in [0.15, 0.2) is 42.7 Å². The first-order valence-electron chi connectivity index (χ1n) is 9.22. The Hall–Kier alpha value is -3.61. The van der Waals surface area contributed by atoms with Gasteiger partial charge < -0.3 is 0 Å². The number of fused-ring (bicyclic) bond motifs is 1. The number of aromatic nitrogens is 6. The van der Waals surface area contributed by atoms with Crippen LogP contribution in [0.2, 0.25) is 5.02 Å².